The molecule has 0 unspecified atom stereocenters. The molecule has 3 aromatic rings. The number of nitrogens with two attached hydrogens (primary N) is 1. The molecule has 0 atom stereocenters. The van der Waals surface area contributed by atoms with Crippen LogP contribution in [0, 0.1) is 11.3 Å². The molecule has 2 N–H and O–H groups in total. The number of primary amides is 1. The summed E-state index contributed by atoms with van der Waals surface area (Å²) in [6, 6.07) is 20.7. The van der Waals surface area contributed by atoms with Gasteiger partial charge >= 0.3 is 0 Å². The first kappa shape index (κ1) is 13.6. The molecule has 0 bridgehead atoms. The van der Waals surface area contributed by atoms with Crippen LogP contribution in [-0.4, -0.2) is 15.7 Å². The van der Waals surface area contributed by atoms with Crippen LogP contribution in [0.15, 0.2) is 60.7 Å². The van der Waals surface area contributed by atoms with Gasteiger partial charge in [-0.3, -0.25) is 4.79 Å². The largest absolute Gasteiger partial charge is 0.364 e. The van der Waals surface area contributed by atoms with Crippen LogP contribution in [0.25, 0.3) is 16.9 Å². The second-order valence-corrected chi connectivity index (χ2v) is 4.66. The molecule has 22 heavy (non-hydrogen) atoms. The molecule has 0 fully saturated rings. The number of para-hydroxylation sites is 1. The first-order chi connectivity index (χ1) is 10.7. The summed E-state index contributed by atoms with van der Waals surface area (Å²) in [5, 5.41) is 13.7. The van der Waals surface area contributed by atoms with Crippen molar-refractivity contribution in [2.24, 2.45) is 5.73 Å². The van der Waals surface area contributed by atoms with E-state index >= 15 is 0 Å². The van der Waals surface area contributed by atoms with Crippen molar-refractivity contribution in [2.45, 2.75) is 0 Å². The molecule has 1 heterocycles. The number of nitriles is 1. The summed E-state index contributed by atoms with van der Waals surface area (Å²) in [5.41, 5.74) is 7.63. The molecule has 106 valence electrons. The lowest BCUT2D eigenvalue weighted by Crippen LogP contribution is -2.13. The van der Waals surface area contributed by atoms with E-state index in [1.807, 2.05) is 66.7 Å². The van der Waals surface area contributed by atoms with Crippen molar-refractivity contribution >= 4 is 5.91 Å². The van der Waals surface area contributed by atoms with Crippen molar-refractivity contribution in [2.75, 3.05) is 0 Å². The Kier molecular flexibility index (Phi) is 3.42. The lowest BCUT2D eigenvalue weighted by Gasteiger charge is -2.07. The number of hydrogen-bond acceptors (Lipinski definition) is 3. The summed E-state index contributed by atoms with van der Waals surface area (Å²) in [4.78, 5) is 11.6. The number of aromatic nitrogens is 2. The van der Waals surface area contributed by atoms with Gasteiger partial charge < -0.3 is 5.73 Å². The fourth-order valence-corrected chi connectivity index (χ4v) is 2.32. The molecular formula is C17H12N4O. The Morgan fingerprint density at radius 3 is 2.18 bits per heavy atom. The van der Waals surface area contributed by atoms with Crippen LogP contribution >= 0.6 is 0 Å². The zero-order chi connectivity index (χ0) is 15.5. The zero-order valence-electron chi connectivity index (χ0n) is 11.6. The number of hydrogen-bond donors (Lipinski definition) is 1. The smallest absolute Gasteiger partial charge is 0.270 e. The predicted molar refractivity (Wildman–Crippen MR) is 82.2 cm³/mol. The predicted octanol–water partition coefficient (Wildman–Crippen LogP) is 2.51. The van der Waals surface area contributed by atoms with Crippen molar-refractivity contribution < 1.29 is 4.79 Å². The Morgan fingerprint density at radius 1 is 1.05 bits per heavy atom. The molecule has 2 aromatic carbocycles. The van der Waals surface area contributed by atoms with Gasteiger partial charge in [-0.1, -0.05) is 48.5 Å². The first-order valence-corrected chi connectivity index (χ1v) is 6.66. The Morgan fingerprint density at radius 2 is 1.64 bits per heavy atom. The third-order valence-electron chi connectivity index (χ3n) is 3.28. The van der Waals surface area contributed by atoms with Crippen LogP contribution in [0.5, 0.6) is 0 Å². The van der Waals surface area contributed by atoms with E-state index in [-0.39, 0.29) is 11.3 Å². The third kappa shape index (κ3) is 2.23. The lowest BCUT2D eigenvalue weighted by molar-refractivity contribution is 0.0995. The van der Waals surface area contributed by atoms with Gasteiger partial charge in [-0.25, -0.2) is 4.68 Å². The van der Waals surface area contributed by atoms with E-state index in [2.05, 4.69) is 5.10 Å². The minimum absolute atomic E-state index is 0.0230. The normalized spacial score (nSPS) is 10.1. The van der Waals surface area contributed by atoms with Gasteiger partial charge in [-0.2, -0.15) is 10.4 Å². The van der Waals surface area contributed by atoms with Gasteiger partial charge in [-0.05, 0) is 12.1 Å². The Hall–Kier alpha value is -3.39. The maximum atomic E-state index is 11.6. The summed E-state index contributed by atoms with van der Waals surface area (Å²) in [6.07, 6.45) is 0. The van der Waals surface area contributed by atoms with Crippen molar-refractivity contribution in [1.29, 1.82) is 5.26 Å². The molecule has 3 rings (SSSR count). The highest BCUT2D eigenvalue weighted by atomic mass is 16.1. The highest BCUT2D eigenvalue weighted by Crippen LogP contribution is 2.28. The second kappa shape index (κ2) is 5.54. The summed E-state index contributed by atoms with van der Waals surface area (Å²) in [6.45, 7) is 0. The van der Waals surface area contributed by atoms with Gasteiger partial charge in [0.05, 0.1) is 11.4 Å². The van der Waals surface area contributed by atoms with Gasteiger partial charge in [0.15, 0.2) is 5.69 Å². The quantitative estimate of drug-likeness (QED) is 0.803. The number of benzene rings is 2. The molecular weight excluding hydrogens is 276 g/mol. The first-order valence-electron chi connectivity index (χ1n) is 6.66. The van der Waals surface area contributed by atoms with Crippen LogP contribution in [0.2, 0.25) is 0 Å². The number of nitrogens with zero attached hydrogens (tertiary/aromatic N) is 3. The van der Waals surface area contributed by atoms with Crippen LogP contribution in [-0.2, 0) is 0 Å². The zero-order valence-corrected chi connectivity index (χ0v) is 11.6. The van der Waals surface area contributed by atoms with Crippen molar-refractivity contribution in [3.05, 3.63) is 71.9 Å². The van der Waals surface area contributed by atoms with Crippen LogP contribution in [0.3, 0.4) is 0 Å². The van der Waals surface area contributed by atoms with E-state index < -0.39 is 5.91 Å². The molecule has 5 nitrogen and oxygen atoms in total. The Balaban J connectivity index is 2.35. The van der Waals surface area contributed by atoms with Crippen molar-refractivity contribution in [3.63, 3.8) is 0 Å². The average molecular weight is 288 g/mol. The van der Waals surface area contributed by atoms with Gasteiger partial charge in [-0.15, -0.1) is 0 Å². The maximum Gasteiger partial charge on any atom is 0.270 e. The standard InChI is InChI=1S/C17H12N4O/c18-11-14-15(17(19)22)20-21(13-9-5-2-6-10-13)16(14)12-7-3-1-4-8-12/h1-10H,(H2,19,22). The Labute approximate surface area is 127 Å². The molecule has 1 aromatic heterocycles. The molecule has 0 aliphatic heterocycles. The highest BCUT2D eigenvalue weighted by Gasteiger charge is 2.23. The minimum Gasteiger partial charge on any atom is -0.364 e. The minimum atomic E-state index is -0.719. The summed E-state index contributed by atoms with van der Waals surface area (Å²) in [5.74, 6) is -0.719. The van der Waals surface area contributed by atoms with Crippen molar-refractivity contribution in [3.8, 4) is 23.0 Å². The molecule has 0 saturated carbocycles. The molecule has 0 aliphatic carbocycles. The van der Waals surface area contributed by atoms with Gasteiger partial charge in [0.1, 0.15) is 11.6 Å². The lowest BCUT2D eigenvalue weighted by atomic mass is 10.1. The number of amides is 1. The van der Waals surface area contributed by atoms with E-state index in [0.717, 1.165) is 11.3 Å². The second-order valence-electron chi connectivity index (χ2n) is 4.66. The van der Waals surface area contributed by atoms with Crippen LogP contribution in [0.4, 0.5) is 0 Å². The molecule has 5 heteroatoms. The number of rotatable bonds is 3. The topological polar surface area (TPSA) is 84.7 Å². The van der Waals surface area contributed by atoms with E-state index in [4.69, 9.17) is 5.73 Å². The summed E-state index contributed by atoms with van der Waals surface area (Å²) in [7, 11) is 0. The van der Waals surface area contributed by atoms with E-state index in [1.165, 1.54) is 0 Å². The molecule has 0 saturated heterocycles. The fraction of sp³-hybridized carbons (Fsp3) is 0. The SMILES string of the molecule is N#Cc1c(C(N)=O)nn(-c2ccccc2)c1-c1ccccc1. The molecule has 0 aliphatic rings. The van der Waals surface area contributed by atoms with Crippen molar-refractivity contribution in [1.82, 2.24) is 9.78 Å². The number of carbonyl (C=O) groups excluding carboxylic acids is 1. The summed E-state index contributed by atoms with van der Waals surface area (Å²) < 4.78 is 1.58. The van der Waals surface area contributed by atoms with Gasteiger partial charge in [0, 0.05) is 5.56 Å². The van der Waals surface area contributed by atoms with Crippen LogP contribution in [0.1, 0.15) is 16.1 Å². The monoisotopic (exact) mass is 288 g/mol. The van der Waals surface area contributed by atoms with Crippen LogP contribution < -0.4 is 5.73 Å². The molecule has 0 spiro atoms. The fourth-order valence-electron chi connectivity index (χ4n) is 2.32. The third-order valence-corrected chi connectivity index (χ3v) is 3.28. The van der Waals surface area contributed by atoms with Gasteiger partial charge in [0.2, 0.25) is 0 Å². The van der Waals surface area contributed by atoms with E-state index in [9.17, 15) is 10.1 Å². The molecule has 0 radical (unpaired) electrons. The average Bonchev–Trinajstić information content (AvgIpc) is 2.96. The highest BCUT2D eigenvalue weighted by molar-refractivity contribution is 5.96. The number of carbonyl (C=O) groups is 1. The maximum absolute atomic E-state index is 11.6. The van der Waals surface area contributed by atoms with E-state index in [1.54, 1.807) is 4.68 Å². The molecule has 1 amide bonds. The van der Waals surface area contributed by atoms with Gasteiger partial charge in [0.25, 0.3) is 5.91 Å². The summed E-state index contributed by atoms with van der Waals surface area (Å²) >= 11 is 0. The van der Waals surface area contributed by atoms with E-state index in [0.29, 0.717) is 5.69 Å². The Bertz CT molecular complexity index is 861.